The Morgan fingerprint density at radius 1 is 1.50 bits per heavy atom. The minimum Gasteiger partial charge on any atom is -0.386 e. The fraction of sp³-hybridized carbons (Fsp3) is 0.769. The Balaban J connectivity index is 2.15. The number of likely N-dealkylation sites (N-methyl/N-ethyl adjacent to an activating group) is 1. The van der Waals surface area contributed by atoms with Crippen LogP contribution in [0.1, 0.15) is 18.7 Å². The van der Waals surface area contributed by atoms with Crippen LogP contribution in [0.4, 0.5) is 0 Å². The molecule has 1 fully saturated rings. The summed E-state index contributed by atoms with van der Waals surface area (Å²) in [4.78, 5) is 2.12. The number of aromatic nitrogens is 2. The number of hydrogen-bond donors (Lipinski definition) is 1. The summed E-state index contributed by atoms with van der Waals surface area (Å²) in [5.74, 6) is 2.29. The first kappa shape index (κ1) is 16.7. The molecule has 2 heterocycles. The minimum absolute atomic E-state index is 0.236. The molecule has 0 spiro atoms. The normalized spacial score (nSPS) is 25.1. The average molecular weight is 380 g/mol. The summed E-state index contributed by atoms with van der Waals surface area (Å²) in [6.45, 7) is 3.92. The quantitative estimate of drug-likeness (QED) is 0.850. The van der Waals surface area contributed by atoms with Gasteiger partial charge in [0.25, 0.3) is 0 Å². The van der Waals surface area contributed by atoms with Gasteiger partial charge in [-0.1, -0.05) is 6.92 Å². The van der Waals surface area contributed by atoms with E-state index in [2.05, 4.69) is 32.9 Å². The van der Waals surface area contributed by atoms with Crippen molar-refractivity contribution in [2.75, 3.05) is 32.1 Å². The predicted molar refractivity (Wildman–Crippen MR) is 91.6 cm³/mol. The first-order valence-electron chi connectivity index (χ1n) is 6.78. The lowest BCUT2D eigenvalue weighted by molar-refractivity contribution is 0.161. The highest BCUT2D eigenvalue weighted by Gasteiger charge is 2.33. The molecule has 0 radical (unpaired) electrons. The zero-order valence-corrected chi connectivity index (χ0v) is 15.3. The maximum atomic E-state index is 10.8. The van der Waals surface area contributed by atoms with Crippen LogP contribution in [0.2, 0.25) is 0 Å². The van der Waals surface area contributed by atoms with Crippen LogP contribution in [0.5, 0.6) is 0 Å². The van der Waals surface area contributed by atoms with E-state index in [0.717, 1.165) is 29.0 Å². The topological polar surface area (TPSA) is 41.3 Å². The Hall–Kier alpha value is 0.310. The first-order chi connectivity index (χ1) is 9.50. The smallest absolute Gasteiger partial charge is 0.110 e. The van der Waals surface area contributed by atoms with Gasteiger partial charge in [-0.2, -0.15) is 28.6 Å². The number of nitrogens with zero attached hydrogens (tertiary/aromatic N) is 3. The van der Waals surface area contributed by atoms with Gasteiger partial charge < -0.3 is 10.0 Å². The number of thioether (sulfide) groups is 2. The molecule has 0 aliphatic carbocycles. The molecule has 1 aromatic heterocycles. The second-order valence-electron chi connectivity index (χ2n) is 5.26. The molecule has 0 bridgehead atoms. The van der Waals surface area contributed by atoms with Gasteiger partial charge in [-0.15, -0.1) is 0 Å². The third-order valence-corrected chi connectivity index (χ3v) is 7.21. The van der Waals surface area contributed by atoms with Crippen molar-refractivity contribution in [1.82, 2.24) is 14.7 Å². The second kappa shape index (κ2) is 7.54. The fourth-order valence-corrected chi connectivity index (χ4v) is 5.63. The largest absolute Gasteiger partial charge is 0.386 e. The molecular formula is C13H22BrN3OS2. The zero-order valence-electron chi connectivity index (χ0n) is 12.1. The molecule has 1 aliphatic rings. The standard InChI is InChI=1S/C13H22BrN3OS2/c1-9-13(20-7-6-19-9)12(18)11-10(14)8-15-17(11)5-4-16(2)3/h8-9,12-13,18H,4-7H2,1-3H3. The van der Waals surface area contributed by atoms with Crippen LogP contribution in [0.15, 0.2) is 10.7 Å². The Kier molecular flexibility index (Phi) is 6.28. The van der Waals surface area contributed by atoms with Gasteiger partial charge in [0, 0.05) is 28.6 Å². The van der Waals surface area contributed by atoms with Crippen molar-refractivity contribution in [3.63, 3.8) is 0 Å². The van der Waals surface area contributed by atoms with Gasteiger partial charge in [0.15, 0.2) is 0 Å². The molecule has 114 valence electrons. The molecule has 1 aromatic rings. The second-order valence-corrected chi connectivity index (χ2v) is 8.89. The molecule has 0 aromatic carbocycles. The number of aliphatic hydroxyl groups excluding tert-OH is 1. The number of rotatable bonds is 5. The van der Waals surface area contributed by atoms with Gasteiger partial charge in [-0.25, -0.2) is 0 Å². The van der Waals surface area contributed by atoms with Gasteiger partial charge in [-0.05, 0) is 30.0 Å². The highest BCUT2D eigenvalue weighted by molar-refractivity contribution is 9.10. The molecule has 4 nitrogen and oxygen atoms in total. The Morgan fingerprint density at radius 2 is 2.20 bits per heavy atom. The maximum Gasteiger partial charge on any atom is 0.110 e. The van der Waals surface area contributed by atoms with Crippen LogP contribution in [-0.2, 0) is 6.54 Å². The van der Waals surface area contributed by atoms with E-state index >= 15 is 0 Å². The van der Waals surface area contributed by atoms with Crippen LogP contribution >= 0.6 is 39.5 Å². The molecule has 1 aliphatic heterocycles. The summed E-state index contributed by atoms with van der Waals surface area (Å²) in [6.07, 6.45) is 1.32. The van der Waals surface area contributed by atoms with E-state index in [1.807, 2.05) is 42.3 Å². The van der Waals surface area contributed by atoms with E-state index < -0.39 is 6.10 Å². The van der Waals surface area contributed by atoms with Crippen LogP contribution in [0.3, 0.4) is 0 Å². The van der Waals surface area contributed by atoms with Crippen LogP contribution in [0, 0.1) is 0 Å². The number of halogens is 1. The summed E-state index contributed by atoms with van der Waals surface area (Å²) in [5.41, 5.74) is 0.915. The molecule has 1 N–H and O–H groups in total. The third-order valence-electron chi connectivity index (χ3n) is 3.42. The molecular weight excluding hydrogens is 358 g/mol. The molecule has 0 saturated carbocycles. The Labute approximate surface area is 137 Å². The molecule has 1 saturated heterocycles. The lowest BCUT2D eigenvalue weighted by atomic mass is 10.1. The minimum atomic E-state index is -0.471. The third kappa shape index (κ3) is 3.94. The SMILES string of the molecule is CC1SCCSC1C(O)c1c(Br)cnn1CCN(C)C. The summed E-state index contributed by atoms with van der Waals surface area (Å²) in [7, 11) is 4.09. The average Bonchev–Trinajstić information content (AvgIpc) is 2.77. The fourth-order valence-electron chi connectivity index (χ4n) is 2.29. The molecule has 20 heavy (non-hydrogen) atoms. The van der Waals surface area contributed by atoms with Crippen LogP contribution < -0.4 is 0 Å². The van der Waals surface area contributed by atoms with E-state index in [1.54, 1.807) is 6.20 Å². The summed E-state index contributed by atoms with van der Waals surface area (Å²) in [5, 5.41) is 15.9. The van der Waals surface area contributed by atoms with Crippen molar-refractivity contribution in [3.05, 3.63) is 16.4 Å². The number of aliphatic hydroxyl groups is 1. The van der Waals surface area contributed by atoms with Crippen molar-refractivity contribution in [1.29, 1.82) is 0 Å². The van der Waals surface area contributed by atoms with Gasteiger partial charge in [0.05, 0.1) is 22.9 Å². The molecule has 3 atom stereocenters. The molecule has 2 rings (SSSR count). The Bertz CT molecular complexity index is 441. The maximum absolute atomic E-state index is 10.8. The predicted octanol–water partition coefficient (Wildman–Crippen LogP) is 2.48. The van der Waals surface area contributed by atoms with Crippen LogP contribution in [-0.4, -0.2) is 62.4 Å². The molecule has 7 heteroatoms. The van der Waals surface area contributed by atoms with Gasteiger partial charge in [0.2, 0.25) is 0 Å². The summed E-state index contributed by atoms with van der Waals surface area (Å²) >= 11 is 7.36. The monoisotopic (exact) mass is 379 g/mol. The van der Waals surface area contributed by atoms with E-state index in [0.29, 0.717) is 5.25 Å². The lowest BCUT2D eigenvalue weighted by Gasteiger charge is -2.32. The number of hydrogen-bond acceptors (Lipinski definition) is 5. The van der Waals surface area contributed by atoms with E-state index in [1.165, 1.54) is 5.75 Å². The van der Waals surface area contributed by atoms with Gasteiger partial charge in [0.1, 0.15) is 6.10 Å². The van der Waals surface area contributed by atoms with Crippen molar-refractivity contribution < 1.29 is 5.11 Å². The van der Waals surface area contributed by atoms with E-state index in [9.17, 15) is 5.11 Å². The van der Waals surface area contributed by atoms with E-state index in [4.69, 9.17) is 0 Å². The highest BCUT2D eigenvalue weighted by Crippen LogP contribution is 2.40. The van der Waals surface area contributed by atoms with Crippen molar-refractivity contribution in [2.45, 2.75) is 30.1 Å². The van der Waals surface area contributed by atoms with Crippen molar-refractivity contribution in [3.8, 4) is 0 Å². The van der Waals surface area contributed by atoms with Gasteiger partial charge in [-0.3, -0.25) is 4.68 Å². The lowest BCUT2D eigenvalue weighted by Crippen LogP contribution is -2.31. The summed E-state index contributed by atoms with van der Waals surface area (Å²) < 4.78 is 2.84. The zero-order chi connectivity index (χ0) is 14.7. The van der Waals surface area contributed by atoms with E-state index in [-0.39, 0.29) is 5.25 Å². The molecule has 0 amide bonds. The first-order valence-corrected chi connectivity index (χ1v) is 9.67. The molecule has 3 unspecified atom stereocenters. The highest BCUT2D eigenvalue weighted by atomic mass is 79.9. The van der Waals surface area contributed by atoms with Gasteiger partial charge >= 0.3 is 0 Å². The van der Waals surface area contributed by atoms with Crippen LogP contribution in [0.25, 0.3) is 0 Å². The van der Waals surface area contributed by atoms with Crippen molar-refractivity contribution >= 4 is 39.5 Å². The Morgan fingerprint density at radius 3 is 2.85 bits per heavy atom. The summed E-state index contributed by atoms with van der Waals surface area (Å²) in [6, 6.07) is 0. The van der Waals surface area contributed by atoms with Crippen molar-refractivity contribution in [2.24, 2.45) is 0 Å².